The minimum atomic E-state index is -0.602. The fourth-order valence-electron chi connectivity index (χ4n) is 2.76. The van der Waals surface area contributed by atoms with Crippen molar-refractivity contribution in [3.05, 3.63) is 59.5 Å². The van der Waals surface area contributed by atoms with Crippen LogP contribution < -0.4 is 20.1 Å². The van der Waals surface area contributed by atoms with E-state index in [1.165, 1.54) is 25.3 Å². The highest BCUT2D eigenvalue weighted by Gasteiger charge is 2.17. The van der Waals surface area contributed by atoms with Crippen LogP contribution in [0.3, 0.4) is 0 Å². The van der Waals surface area contributed by atoms with Gasteiger partial charge in [-0.25, -0.2) is 4.39 Å². The highest BCUT2D eigenvalue weighted by atomic mass is 19.1. The van der Waals surface area contributed by atoms with Crippen LogP contribution in [-0.4, -0.2) is 38.4 Å². The molecule has 154 valence electrons. The van der Waals surface area contributed by atoms with Gasteiger partial charge in [0, 0.05) is 19.2 Å². The summed E-state index contributed by atoms with van der Waals surface area (Å²) in [4.78, 5) is 12.3. The van der Waals surface area contributed by atoms with E-state index in [4.69, 9.17) is 19.3 Å². The molecular formula is C21H19FN4O4. The molecule has 8 nitrogen and oxygen atoms in total. The summed E-state index contributed by atoms with van der Waals surface area (Å²) >= 11 is 0. The number of amides is 1. The minimum Gasteiger partial charge on any atom is -0.497 e. The van der Waals surface area contributed by atoms with Crippen LogP contribution in [0.2, 0.25) is 0 Å². The number of nitrogens with zero attached hydrogens (tertiary/aromatic N) is 2. The average molecular weight is 410 g/mol. The zero-order valence-corrected chi connectivity index (χ0v) is 16.4. The topological polar surface area (TPSA) is 109 Å². The van der Waals surface area contributed by atoms with E-state index in [0.717, 1.165) is 0 Å². The number of halogens is 1. The maximum atomic E-state index is 13.6. The van der Waals surface area contributed by atoms with Gasteiger partial charge in [0.2, 0.25) is 0 Å². The maximum absolute atomic E-state index is 13.6. The smallest absolute Gasteiger partial charge is 0.273 e. The number of aromatic nitrogens is 1. The Labute approximate surface area is 172 Å². The van der Waals surface area contributed by atoms with Crippen molar-refractivity contribution in [2.45, 2.75) is 0 Å². The van der Waals surface area contributed by atoms with E-state index in [-0.39, 0.29) is 24.3 Å². The number of ether oxygens (including phenoxy) is 2. The van der Waals surface area contributed by atoms with Crippen LogP contribution in [0, 0.1) is 17.1 Å². The van der Waals surface area contributed by atoms with Gasteiger partial charge in [0.25, 0.3) is 5.91 Å². The molecule has 0 saturated carbocycles. The molecule has 3 rings (SSSR count). The molecule has 0 aliphatic rings. The fraction of sp³-hybridized carbons (Fsp3) is 0.190. The SMILES string of the molecule is COc1ccc(OC)c(-c2cc(C(=O)NCCNc3cccc(F)c3C#N)no2)c1. The summed E-state index contributed by atoms with van der Waals surface area (Å²) in [6.07, 6.45) is 0. The van der Waals surface area contributed by atoms with Crippen LogP contribution in [0.5, 0.6) is 11.5 Å². The van der Waals surface area contributed by atoms with Crippen molar-refractivity contribution in [2.24, 2.45) is 0 Å². The van der Waals surface area contributed by atoms with Crippen LogP contribution >= 0.6 is 0 Å². The van der Waals surface area contributed by atoms with Crippen LogP contribution in [0.15, 0.2) is 47.0 Å². The Morgan fingerprint density at radius 2 is 2.03 bits per heavy atom. The van der Waals surface area contributed by atoms with Crippen LogP contribution in [-0.2, 0) is 0 Å². The van der Waals surface area contributed by atoms with Crippen molar-refractivity contribution in [3.63, 3.8) is 0 Å². The first-order valence-corrected chi connectivity index (χ1v) is 8.97. The van der Waals surface area contributed by atoms with Crippen molar-refractivity contribution < 1.29 is 23.2 Å². The van der Waals surface area contributed by atoms with Crippen LogP contribution in [0.1, 0.15) is 16.1 Å². The molecule has 1 heterocycles. The van der Waals surface area contributed by atoms with Crippen molar-refractivity contribution >= 4 is 11.6 Å². The molecule has 0 radical (unpaired) electrons. The second-order valence-electron chi connectivity index (χ2n) is 6.10. The van der Waals surface area contributed by atoms with Gasteiger partial charge in [-0.15, -0.1) is 0 Å². The second-order valence-corrected chi connectivity index (χ2v) is 6.10. The van der Waals surface area contributed by atoms with Crippen LogP contribution in [0.4, 0.5) is 10.1 Å². The second kappa shape index (κ2) is 9.43. The molecule has 0 aliphatic carbocycles. The predicted octanol–water partition coefficient (Wildman–Crippen LogP) is 3.21. The summed E-state index contributed by atoms with van der Waals surface area (Å²) in [5.74, 6) is 0.468. The van der Waals surface area contributed by atoms with Crippen LogP contribution in [0.25, 0.3) is 11.3 Å². The highest BCUT2D eigenvalue weighted by molar-refractivity contribution is 5.93. The normalized spacial score (nSPS) is 10.2. The molecule has 0 fully saturated rings. The quantitative estimate of drug-likeness (QED) is 0.549. The summed E-state index contributed by atoms with van der Waals surface area (Å²) in [6, 6.07) is 12.8. The number of rotatable bonds is 8. The molecule has 2 aromatic carbocycles. The zero-order valence-electron chi connectivity index (χ0n) is 16.4. The maximum Gasteiger partial charge on any atom is 0.273 e. The van der Waals surface area contributed by atoms with Crippen molar-refractivity contribution in [1.82, 2.24) is 10.5 Å². The van der Waals surface area contributed by atoms with Gasteiger partial charge in [0.05, 0.1) is 25.5 Å². The van der Waals surface area contributed by atoms with E-state index in [1.54, 1.807) is 31.4 Å². The number of anilines is 1. The van der Waals surface area contributed by atoms with Crippen molar-refractivity contribution in [1.29, 1.82) is 5.26 Å². The van der Waals surface area contributed by atoms with Gasteiger partial charge < -0.3 is 24.6 Å². The molecule has 1 aromatic heterocycles. The van der Waals surface area contributed by atoms with Crippen molar-refractivity contribution in [3.8, 4) is 28.9 Å². The first-order valence-electron chi connectivity index (χ1n) is 8.97. The molecule has 0 saturated heterocycles. The van der Waals surface area contributed by atoms with E-state index < -0.39 is 11.7 Å². The number of carbonyl (C=O) groups excluding carboxylic acids is 1. The Morgan fingerprint density at radius 1 is 1.20 bits per heavy atom. The summed E-state index contributed by atoms with van der Waals surface area (Å²) in [7, 11) is 3.07. The molecule has 9 heteroatoms. The number of nitrogens with one attached hydrogen (secondary N) is 2. The number of nitriles is 1. The Kier molecular flexibility index (Phi) is 6.49. The Bertz CT molecular complexity index is 1090. The molecular weight excluding hydrogens is 391 g/mol. The molecule has 30 heavy (non-hydrogen) atoms. The Balaban J connectivity index is 1.61. The van der Waals surface area contributed by atoms with Gasteiger partial charge in [-0.1, -0.05) is 11.2 Å². The molecule has 0 spiro atoms. The molecule has 0 aliphatic heterocycles. The van der Waals surface area contributed by atoms with Gasteiger partial charge >= 0.3 is 0 Å². The Morgan fingerprint density at radius 3 is 2.77 bits per heavy atom. The van der Waals surface area contributed by atoms with Gasteiger partial charge in [-0.05, 0) is 30.3 Å². The average Bonchev–Trinajstić information content (AvgIpc) is 3.26. The number of hydrogen-bond donors (Lipinski definition) is 2. The summed E-state index contributed by atoms with van der Waals surface area (Å²) in [5.41, 5.74) is 0.983. The lowest BCUT2D eigenvalue weighted by atomic mass is 10.1. The van der Waals surface area contributed by atoms with E-state index in [0.29, 0.717) is 28.5 Å². The predicted molar refractivity (Wildman–Crippen MR) is 107 cm³/mol. The summed E-state index contributed by atoms with van der Waals surface area (Å²) in [6.45, 7) is 0.517. The molecule has 2 N–H and O–H groups in total. The molecule has 0 unspecified atom stereocenters. The first kappa shape index (κ1) is 20.7. The lowest BCUT2D eigenvalue weighted by Gasteiger charge is -2.09. The van der Waals surface area contributed by atoms with E-state index in [2.05, 4.69) is 15.8 Å². The summed E-state index contributed by atoms with van der Waals surface area (Å²) < 4.78 is 29.4. The number of hydrogen-bond acceptors (Lipinski definition) is 7. The lowest BCUT2D eigenvalue weighted by molar-refractivity contribution is 0.0946. The molecule has 1 amide bonds. The third-order valence-corrected chi connectivity index (χ3v) is 4.27. The van der Waals surface area contributed by atoms with Gasteiger partial charge in [-0.3, -0.25) is 4.79 Å². The number of carbonyl (C=O) groups is 1. The molecule has 0 bridgehead atoms. The molecule has 0 atom stereocenters. The molecule has 3 aromatic rings. The third-order valence-electron chi connectivity index (χ3n) is 4.27. The first-order chi connectivity index (χ1) is 14.6. The van der Waals surface area contributed by atoms with Gasteiger partial charge in [0.1, 0.15) is 28.9 Å². The largest absolute Gasteiger partial charge is 0.497 e. The standard InChI is InChI=1S/C21H19FN4O4/c1-28-13-6-7-19(29-2)14(10-13)20-11-18(26-30-20)21(27)25-9-8-24-17-5-3-4-16(22)15(17)12-23/h3-7,10-11,24H,8-9H2,1-2H3,(H,25,27). The fourth-order valence-corrected chi connectivity index (χ4v) is 2.76. The van der Waals surface area contributed by atoms with E-state index >= 15 is 0 Å². The Hall–Kier alpha value is -4.06. The summed E-state index contributed by atoms with van der Waals surface area (Å²) in [5, 5.41) is 18.4. The van der Waals surface area contributed by atoms with Gasteiger partial charge in [0.15, 0.2) is 11.5 Å². The zero-order chi connectivity index (χ0) is 21.5. The highest BCUT2D eigenvalue weighted by Crippen LogP contribution is 2.33. The van der Waals surface area contributed by atoms with E-state index in [1.807, 2.05) is 6.07 Å². The number of benzene rings is 2. The third kappa shape index (κ3) is 4.50. The van der Waals surface area contributed by atoms with Crippen molar-refractivity contribution in [2.75, 3.05) is 32.6 Å². The monoisotopic (exact) mass is 410 g/mol. The lowest BCUT2D eigenvalue weighted by Crippen LogP contribution is -2.29. The van der Waals surface area contributed by atoms with Gasteiger partial charge in [-0.2, -0.15) is 5.26 Å². The van der Waals surface area contributed by atoms with E-state index in [9.17, 15) is 9.18 Å². The number of methoxy groups -OCH3 is 2. The minimum absolute atomic E-state index is 0.0720.